The Hall–Kier alpha value is -2.07. The van der Waals surface area contributed by atoms with Crippen LogP contribution in [-0.4, -0.2) is 86.5 Å². The Balaban J connectivity index is 1.94. The van der Waals surface area contributed by atoms with Crippen molar-refractivity contribution >= 4 is 21.7 Å². The number of piperazine rings is 1. The number of benzene rings is 1. The number of alkyl halides is 2. The van der Waals surface area contributed by atoms with Gasteiger partial charge in [0.2, 0.25) is 15.7 Å². The summed E-state index contributed by atoms with van der Waals surface area (Å²) in [5.41, 5.74) is 0.237. The molecule has 0 aliphatic carbocycles. The van der Waals surface area contributed by atoms with Gasteiger partial charge in [-0.2, -0.15) is 8.78 Å². The summed E-state index contributed by atoms with van der Waals surface area (Å²) in [5.74, 6) is -3.74. The van der Waals surface area contributed by atoms with Crippen molar-refractivity contribution in [3.8, 4) is 0 Å². The molecule has 7 nitrogen and oxygen atoms in total. The van der Waals surface area contributed by atoms with Crippen LogP contribution in [-0.2, 0) is 14.6 Å². The Labute approximate surface area is 163 Å². The van der Waals surface area contributed by atoms with Gasteiger partial charge >= 0.3 is 5.76 Å². The molecule has 0 bridgehead atoms. The largest absolute Gasteiger partial charge is 0.342 e. The summed E-state index contributed by atoms with van der Waals surface area (Å²) in [4.78, 5) is 29.6. The van der Waals surface area contributed by atoms with Crippen molar-refractivity contribution in [1.29, 1.82) is 0 Å². The quantitative estimate of drug-likeness (QED) is 0.669. The molecule has 10 heteroatoms. The highest BCUT2D eigenvalue weighted by Gasteiger charge is 2.28. The zero-order valence-electron chi connectivity index (χ0n) is 16.0. The molecule has 1 aliphatic rings. The summed E-state index contributed by atoms with van der Waals surface area (Å²) >= 11 is 0. The molecule has 0 saturated carbocycles. The van der Waals surface area contributed by atoms with E-state index < -0.39 is 20.5 Å². The highest BCUT2D eigenvalue weighted by molar-refractivity contribution is 7.91. The molecule has 1 heterocycles. The molecule has 1 fully saturated rings. The van der Waals surface area contributed by atoms with E-state index in [-0.39, 0.29) is 17.4 Å². The van der Waals surface area contributed by atoms with Crippen LogP contribution in [0.15, 0.2) is 29.2 Å². The van der Waals surface area contributed by atoms with Crippen LogP contribution in [0.1, 0.15) is 24.2 Å². The summed E-state index contributed by atoms with van der Waals surface area (Å²) in [5, 5.41) is 0. The number of likely N-dealkylation sites (N-methyl/N-ethyl adjacent to an activating group) is 1. The second kappa shape index (κ2) is 9.42. The summed E-state index contributed by atoms with van der Waals surface area (Å²) in [6, 6.07) is 4.53. The van der Waals surface area contributed by atoms with Gasteiger partial charge < -0.3 is 9.80 Å². The van der Waals surface area contributed by atoms with Crippen molar-refractivity contribution in [2.24, 2.45) is 0 Å². The van der Waals surface area contributed by atoms with E-state index in [0.717, 1.165) is 12.1 Å². The molecule has 1 aromatic carbocycles. The molecular weight excluding hydrogens is 392 g/mol. The maximum absolute atomic E-state index is 12.6. The predicted octanol–water partition coefficient (Wildman–Crippen LogP) is 1.31. The first-order chi connectivity index (χ1) is 13.2. The van der Waals surface area contributed by atoms with Crippen LogP contribution in [0.2, 0.25) is 0 Å². The van der Waals surface area contributed by atoms with Gasteiger partial charge in [0.25, 0.3) is 5.91 Å². The normalized spacial score (nSPS) is 15.7. The van der Waals surface area contributed by atoms with Crippen LogP contribution in [0.25, 0.3) is 0 Å². The van der Waals surface area contributed by atoms with E-state index in [1.165, 1.54) is 12.1 Å². The molecule has 0 radical (unpaired) electrons. The minimum atomic E-state index is -4.68. The molecule has 0 N–H and O–H groups in total. The van der Waals surface area contributed by atoms with Crippen LogP contribution in [0.5, 0.6) is 0 Å². The monoisotopic (exact) mass is 417 g/mol. The van der Waals surface area contributed by atoms with E-state index in [1.807, 2.05) is 18.7 Å². The van der Waals surface area contributed by atoms with Crippen molar-refractivity contribution in [2.75, 3.05) is 45.8 Å². The van der Waals surface area contributed by atoms with Gasteiger partial charge in [-0.1, -0.05) is 0 Å². The van der Waals surface area contributed by atoms with Crippen LogP contribution in [0, 0.1) is 0 Å². The fraction of sp³-hybridized carbons (Fsp3) is 0.556. The van der Waals surface area contributed by atoms with Gasteiger partial charge in [0.05, 0.1) is 11.4 Å². The molecule has 1 aliphatic heterocycles. The first kappa shape index (κ1) is 22.2. The molecule has 0 unspecified atom stereocenters. The summed E-state index contributed by atoms with van der Waals surface area (Å²) < 4.78 is 48.0. The first-order valence-corrected chi connectivity index (χ1v) is 10.7. The van der Waals surface area contributed by atoms with Crippen LogP contribution in [0.3, 0.4) is 0 Å². The molecule has 1 saturated heterocycles. The molecule has 1 aromatic rings. The molecule has 2 rings (SSSR count). The number of halogens is 2. The lowest BCUT2D eigenvalue weighted by molar-refractivity contribution is -0.132. The van der Waals surface area contributed by atoms with Crippen molar-refractivity contribution < 1.29 is 26.8 Å². The maximum Gasteiger partial charge on any atom is 0.341 e. The molecule has 0 atom stereocenters. The molecular formula is C18H25F2N3O4S. The average Bonchev–Trinajstić information content (AvgIpc) is 2.69. The lowest BCUT2D eigenvalue weighted by atomic mass is 10.2. The number of sulfone groups is 1. The summed E-state index contributed by atoms with van der Waals surface area (Å²) in [6.45, 7) is 7.45. The standard InChI is InChI=1S/C18H25F2N3O4S/c1-3-22(4-2)16(24)13-21-9-11-23(12-10-21)17(25)14-5-7-15(8-6-14)28(26,27)18(19)20/h5-8,18H,3-4,9-13H2,1-2H3. The lowest BCUT2D eigenvalue weighted by Gasteiger charge is -2.35. The SMILES string of the molecule is CCN(CC)C(=O)CN1CCN(C(=O)c2ccc(S(=O)(=O)C(F)F)cc2)CC1. The number of amides is 2. The molecule has 156 valence electrons. The zero-order chi connectivity index (χ0) is 20.9. The summed E-state index contributed by atoms with van der Waals surface area (Å²) in [6.07, 6.45) is 0. The number of nitrogens with zero attached hydrogens (tertiary/aromatic N) is 3. The van der Waals surface area contributed by atoms with E-state index in [2.05, 4.69) is 0 Å². The predicted molar refractivity (Wildman–Crippen MR) is 99.9 cm³/mol. The molecule has 0 aromatic heterocycles. The van der Waals surface area contributed by atoms with Crippen LogP contribution in [0.4, 0.5) is 8.78 Å². The number of carbonyl (C=O) groups excluding carboxylic acids is 2. The van der Waals surface area contributed by atoms with E-state index in [0.29, 0.717) is 45.8 Å². The van der Waals surface area contributed by atoms with Crippen LogP contribution < -0.4 is 0 Å². The van der Waals surface area contributed by atoms with Gasteiger partial charge in [0.15, 0.2) is 0 Å². The average molecular weight is 417 g/mol. The van der Waals surface area contributed by atoms with Gasteiger partial charge in [-0.15, -0.1) is 0 Å². The topological polar surface area (TPSA) is 78.0 Å². The summed E-state index contributed by atoms with van der Waals surface area (Å²) in [7, 11) is -4.68. The highest BCUT2D eigenvalue weighted by atomic mass is 32.2. The number of carbonyl (C=O) groups is 2. The van der Waals surface area contributed by atoms with Gasteiger partial charge in [0.1, 0.15) is 0 Å². The maximum atomic E-state index is 12.6. The van der Waals surface area contributed by atoms with Crippen molar-refractivity contribution in [1.82, 2.24) is 14.7 Å². The van der Waals surface area contributed by atoms with Gasteiger partial charge in [-0.25, -0.2) is 8.42 Å². The van der Waals surface area contributed by atoms with Gasteiger partial charge in [-0.3, -0.25) is 14.5 Å². The minimum Gasteiger partial charge on any atom is -0.342 e. The van der Waals surface area contributed by atoms with Crippen molar-refractivity contribution in [3.05, 3.63) is 29.8 Å². The zero-order valence-corrected chi connectivity index (χ0v) is 16.8. The Kier molecular flexibility index (Phi) is 7.48. The first-order valence-electron chi connectivity index (χ1n) is 9.12. The molecule has 2 amide bonds. The van der Waals surface area contributed by atoms with Crippen molar-refractivity contribution in [3.63, 3.8) is 0 Å². The number of hydrogen-bond acceptors (Lipinski definition) is 5. The van der Waals surface area contributed by atoms with Crippen LogP contribution >= 0.6 is 0 Å². The van der Waals surface area contributed by atoms with E-state index >= 15 is 0 Å². The third-order valence-electron chi connectivity index (χ3n) is 4.80. The second-order valence-electron chi connectivity index (χ2n) is 6.46. The number of hydrogen-bond donors (Lipinski definition) is 0. The Morgan fingerprint density at radius 3 is 2.04 bits per heavy atom. The van der Waals surface area contributed by atoms with Gasteiger partial charge in [0, 0.05) is 44.8 Å². The van der Waals surface area contributed by atoms with Crippen molar-refractivity contribution in [2.45, 2.75) is 24.5 Å². The Bertz CT molecular complexity index is 788. The minimum absolute atomic E-state index is 0.0561. The smallest absolute Gasteiger partial charge is 0.341 e. The van der Waals surface area contributed by atoms with E-state index in [4.69, 9.17) is 0 Å². The van der Waals surface area contributed by atoms with E-state index in [9.17, 15) is 26.8 Å². The molecule has 28 heavy (non-hydrogen) atoms. The Morgan fingerprint density at radius 2 is 1.57 bits per heavy atom. The highest BCUT2D eigenvalue weighted by Crippen LogP contribution is 2.19. The third kappa shape index (κ3) is 5.05. The molecule has 0 spiro atoms. The number of rotatable bonds is 7. The van der Waals surface area contributed by atoms with E-state index in [1.54, 1.807) is 9.80 Å². The Morgan fingerprint density at radius 1 is 1.04 bits per heavy atom. The fourth-order valence-corrected chi connectivity index (χ4v) is 3.77. The second-order valence-corrected chi connectivity index (χ2v) is 8.38. The fourth-order valence-electron chi connectivity index (χ4n) is 3.05. The third-order valence-corrected chi connectivity index (χ3v) is 6.20. The van der Waals surface area contributed by atoms with Gasteiger partial charge in [-0.05, 0) is 38.1 Å². The lowest BCUT2D eigenvalue weighted by Crippen LogP contribution is -2.51.